The normalized spacial score (nSPS) is 11.6. The van der Waals surface area contributed by atoms with Crippen LogP contribution in [0.4, 0.5) is 8.78 Å². The Morgan fingerprint density at radius 1 is 1.12 bits per heavy atom. The van der Waals surface area contributed by atoms with Crippen molar-refractivity contribution in [3.8, 4) is 16.9 Å². The van der Waals surface area contributed by atoms with Crippen molar-refractivity contribution < 1.29 is 22.7 Å². The van der Waals surface area contributed by atoms with Gasteiger partial charge in [-0.1, -0.05) is 29.8 Å². The number of furan rings is 1. The molecule has 0 aliphatic carbocycles. The first kappa shape index (κ1) is 22.6. The van der Waals surface area contributed by atoms with Crippen molar-refractivity contribution in [2.24, 2.45) is 0 Å². The van der Waals surface area contributed by atoms with Gasteiger partial charge in [-0.2, -0.15) is 0 Å². The average molecular weight is 468 g/mol. The lowest BCUT2D eigenvalue weighted by molar-refractivity contribution is -0.116. The van der Waals surface area contributed by atoms with E-state index in [-0.39, 0.29) is 12.1 Å². The van der Waals surface area contributed by atoms with Crippen LogP contribution >= 0.6 is 11.6 Å². The Bertz CT molecular complexity index is 1340. The van der Waals surface area contributed by atoms with E-state index in [0.29, 0.717) is 27.5 Å². The van der Waals surface area contributed by atoms with E-state index in [1.54, 1.807) is 31.4 Å². The van der Waals surface area contributed by atoms with Crippen LogP contribution in [0.25, 0.3) is 27.7 Å². The molecule has 3 aromatic carbocycles. The van der Waals surface area contributed by atoms with Gasteiger partial charge in [-0.3, -0.25) is 4.79 Å². The van der Waals surface area contributed by atoms with E-state index in [1.807, 2.05) is 18.2 Å². The number of allylic oxidation sites excluding steroid dienone is 1. The van der Waals surface area contributed by atoms with Crippen LogP contribution in [0, 0.1) is 11.6 Å². The summed E-state index contributed by atoms with van der Waals surface area (Å²) in [7, 11) is 1.53. The number of carbonyl (C=O) groups is 1. The molecule has 0 spiro atoms. The molecule has 4 nitrogen and oxygen atoms in total. The fourth-order valence-electron chi connectivity index (χ4n) is 3.59. The van der Waals surface area contributed by atoms with Crippen LogP contribution < -0.4 is 10.1 Å². The standard InChI is InChI=1S/C26H20ClF2NO3/c1-15(10-26(31)30-13-20-22(28)4-3-5-23(20)29)18-11-19-21(16-6-8-17(27)9-7-16)14-33-25(19)12-24(18)32-2/h3-12,14H,13H2,1-2H3,(H,30,31)/b15-10+. The van der Waals surface area contributed by atoms with Crippen molar-refractivity contribution in [1.82, 2.24) is 5.32 Å². The van der Waals surface area contributed by atoms with Crippen LogP contribution in [-0.4, -0.2) is 13.0 Å². The van der Waals surface area contributed by atoms with E-state index in [9.17, 15) is 13.6 Å². The van der Waals surface area contributed by atoms with Crippen LogP contribution in [0.15, 0.2) is 71.4 Å². The van der Waals surface area contributed by atoms with Gasteiger partial charge in [0.2, 0.25) is 5.91 Å². The molecule has 0 saturated carbocycles. The number of amides is 1. The zero-order chi connectivity index (χ0) is 23.5. The Hall–Kier alpha value is -3.64. The van der Waals surface area contributed by atoms with Gasteiger partial charge in [0, 0.05) is 45.8 Å². The number of halogens is 3. The topological polar surface area (TPSA) is 51.5 Å². The molecule has 0 bridgehead atoms. The maximum absolute atomic E-state index is 13.8. The quantitative estimate of drug-likeness (QED) is 0.319. The lowest BCUT2D eigenvalue weighted by Gasteiger charge is -2.10. The van der Waals surface area contributed by atoms with Crippen molar-refractivity contribution in [3.63, 3.8) is 0 Å². The highest BCUT2D eigenvalue weighted by Gasteiger charge is 2.15. The molecule has 0 atom stereocenters. The number of hydrogen-bond acceptors (Lipinski definition) is 3. The number of ether oxygens (including phenoxy) is 1. The summed E-state index contributed by atoms with van der Waals surface area (Å²) in [4.78, 5) is 12.5. The fraction of sp³-hybridized carbons (Fsp3) is 0.115. The van der Waals surface area contributed by atoms with Gasteiger partial charge in [0.15, 0.2) is 0 Å². The summed E-state index contributed by atoms with van der Waals surface area (Å²) < 4.78 is 38.8. The second-order valence-corrected chi connectivity index (χ2v) is 7.89. The van der Waals surface area contributed by atoms with Gasteiger partial charge in [0.05, 0.1) is 13.4 Å². The highest BCUT2D eigenvalue weighted by molar-refractivity contribution is 6.30. The van der Waals surface area contributed by atoms with Crippen LogP contribution in [0.5, 0.6) is 5.75 Å². The lowest BCUT2D eigenvalue weighted by Crippen LogP contribution is -2.22. The first-order valence-electron chi connectivity index (χ1n) is 10.1. The van der Waals surface area contributed by atoms with E-state index in [2.05, 4.69) is 5.32 Å². The minimum Gasteiger partial charge on any atom is -0.496 e. The summed E-state index contributed by atoms with van der Waals surface area (Å²) in [5.74, 6) is -1.38. The van der Waals surface area contributed by atoms with Crippen molar-refractivity contribution >= 4 is 34.1 Å². The van der Waals surface area contributed by atoms with Crippen LogP contribution in [0.3, 0.4) is 0 Å². The Kier molecular flexibility index (Phi) is 6.47. The summed E-state index contributed by atoms with van der Waals surface area (Å²) in [5, 5.41) is 4.00. The molecule has 0 aliphatic rings. The minimum absolute atomic E-state index is 0.193. The van der Waals surface area contributed by atoms with Crippen molar-refractivity contribution in [2.75, 3.05) is 7.11 Å². The number of methoxy groups -OCH3 is 1. The predicted octanol–water partition coefficient (Wildman–Crippen LogP) is 6.76. The number of hydrogen-bond donors (Lipinski definition) is 1. The molecule has 1 aromatic heterocycles. The van der Waals surface area contributed by atoms with Crippen LogP contribution in [0.2, 0.25) is 5.02 Å². The Morgan fingerprint density at radius 2 is 1.82 bits per heavy atom. The third kappa shape index (κ3) is 4.76. The molecular formula is C26H20ClF2NO3. The molecule has 4 aromatic rings. The maximum Gasteiger partial charge on any atom is 0.244 e. The molecule has 0 aliphatic heterocycles. The number of benzene rings is 3. The highest BCUT2D eigenvalue weighted by Crippen LogP contribution is 2.37. The third-order valence-electron chi connectivity index (χ3n) is 5.32. The summed E-state index contributed by atoms with van der Waals surface area (Å²) in [6.45, 7) is 1.49. The van der Waals surface area contributed by atoms with E-state index in [0.717, 1.165) is 28.6 Å². The van der Waals surface area contributed by atoms with Gasteiger partial charge in [0.1, 0.15) is 23.0 Å². The SMILES string of the molecule is COc1cc2occ(-c3ccc(Cl)cc3)c2cc1/C(C)=C/C(=O)NCc1c(F)cccc1F. The molecule has 168 valence electrons. The van der Waals surface area contributed by atoms with E-state index in [4.69, 9.17) is 20.8 Å². The molecule has 7 heteroatoms. The van der Waals surface area contributed by atoms with Gasteiger partial charge >= 0.3 is 0 Å². The monoisotopic (exact) mass is 467 g/mol. The zero-order valence-electron chi connectivity index (χ0n) is 17.9. The highest BCUT2D eigenvalue weighted by atomic mass is 35.5. The van der Waals surface area contributed by atoms with E-state index in [1.165, 1.54) is 19.3 Å². The Morgan fingerprint density at radius 3 is 2.48 bits per heavy atom. The number of carbonyl (C=O) groups excluding carboxylic acids is 1. The smallest absolute Gasteiger partial charge is 0.244 e. The Balaban J connectivity index is 1.64. The lowest BCUT2D eigenvalue weighted by atomic mass is 9.99. The maximum atomic E-state index is 13.8. The molecular weight excluding hydrogens is 448 g/mol. The largest absolute Gasteiger partial charge is 0.496 e. The molecule has 0 fully saturated rings. The summed E-state index contributed by atoms with van der Waals surface area (Å²) in [6, 6.07) is 14.6. The van der Waals surface area contributed by atoms with Crippen molar-refractivity contribution in [3.05, 3.63) is 94.7 Å². The second-order valence-electron chi connectivity index (χ2n) is 7.45. The predicted molar refractivity (Wildman–Crippen MR) is 125 cm³/mol. The molecule has 1 N–H and O–H groups in total. The van der Waals surface area contributed by atoms with Gasteiger partial charge in [0.25, 0.3) is 0 Å². The molecule has 0 radical (unpaired) electrons. The first-order chi connectivity index (χ1) is 15.9. The fourth-order valence-corrected chi connectivity index (χ4v) is 3.71. The first-order valence-corrected chi connectivity index (χ1v) is 10.5. The van der Waals surface area contributed by atoms with Gasteiger partial charge < -0.3 is 14.5 Å². The summed E-state index contributed by atoms with van der Waals surface area (Å²) >= 11 is 6.00. The zero-order valence-corrected chi connectivity index (χ0v) is 18.7. The van der Waals surface area contributed by atoms with Crippen LogP contribution in [-0.2, 0) is 11.3 Å². The summed E-state index contributed by atoms with van der Waals surface area (Å²) in [6.07, 6.45) is 3.02. The Labute approximate surface area is 194 Å². The van der Waals surface area contributed by atoms with Crippen molar-refractivity contribution in [2.45, 2.75) is 13.5 Å². The number of fused-ring (bicyclic) bond motifs is 1. The minimum atomic E-state index is -0.710. The van der Waals surface area contributed by atoms with Gasteiger partial charge in [-0.05, 0) is 48.4 Å². The third-order valence-corrected chi connectivity index (χ3v) is 5.58. The second kappa shape index (κ2) is 9.46. The van der Waals surface area contributed by atoms with Crippen LogP contribution in [0.1, 0.15) is 18.1 Å². The number of rotatable bonds is 6. The molecule has 33 heavy (non-hydrogen) atoms. The molecule has 1 amide bonds. The molecule has 0 saturated heterocycles. The van der Waals surface area contributed by atoms with Gasteiger partial charge in [-0.25, -0.2) is 8.78 Å². The number of nitrogens with one attached hydrogen (secondary N) is 1. The molecule has 4 rings (SSSR count). The van der Waals surface area contributed by atoms with E-state index >= 15 is 0 Å². The molecule has 0 unspecified atom stereocenters. The average Bonchev–Trinajstić information content (AvgIpc) is 3.21. The summed E-state index contributed by atoms with van der Waals surface area (Å²) in [5.41, 5.74) is 3.55. The van der Waals surface area contributed by atoms with Gasteiger partial charge in [-0.15, -0.1) is 0 Å². The molecule has 1 heterocycles. The van der Waals surface area contributed by atoms with Crippen molar-refractivity contribution in [1.29, 1.82) is 0 Å². The van der Waals surface area contributed by atoms with E-state index < -0.39 is 17.5 Å².